The van der Waals surface area contributed by atoms with Crippen LogP contribution < -0.4 is 5.73 Å². The van der Waals surface area contributed by atoms with Gasteiger partial charge in [0.1, 0.15) is 5.75 Å². The largest absolute Gasteiger partial charge is 0.508 e. The third-order valence-electron chi connectivity index (χ3n) is 4.15. The van der Waals surface area contributed by atoms with E-state index in [1.54, 1.807) is 31.3 Å². The van der Waals surface area contributed by atoms with Gasteiger partial charge in [0.05, 0.1) is 11.6 Å². The van der Waals surface area contributed by atoms with Crippen LogP contribution in [0.4, 0.5) is 0 Å². The molecule has 1 atom stereocenters. The molecule has 0 bridgehead atoms. The van der Waals surface area contributed by atoms with E-state index in [4.69, 9.17) is 5.73 Å². The summed E-state index contributed by atoms with van der Waals surface area (Å²) in [5.41, 5.74) is 6.13. The normalized spacial score (nSPS) is 18.4. The molecule has 1 aliphatic rings. The summed E-state index contributed by atoms with van der Waals surface area (Å²) in [5.74, 6) is 0.0302. The molecule has 0 spiro atoms. The van der Waals surface area contributed by atoms with Gasteiger partial charge in [-0.3, -0.25) is 4.79 Å². The maximum absolute atomic E-state index is 12.3. The number of nitrogens with two attached hydrogens (primary N) is 1. The fourth-order valence-corrected chi connectivity index (χ4v) is 2.97. The Morgan fingerprint density at radius 1 is 1.33 bits per heavy atom. The Kier molecular flexibility index (Phi) is 4.85. The Hall–Kier alpha value is -1.59. The predicted molar refractivity (Wildman–Crippen MR) is 80.8 cm³/mol. The number of phenols is 1. The van der Waals surface area contributed by atoms with Crippen LogP contribution in [-0.2, 0) is 11.2 Å². The van der Waals surface area contributed by atoms with E-state index in [1.165, 1.54) is 4.90 Å². The van der Waals surface area contributed by atoms with Crippen LogP contribution in [0.3, 0.4) is 0 Å². The molecule has 0 saturated heterocycles. The lowest BCUT2D eigenvalue weighted by atomic mass is 10.0. The summed E-state index contributed by atoms with van der Waals surface area (Å²) in [7, 11) is 1.69. The summed E-state index contributed by atoms with van der Waals surface area (Å²) in [5, 5.41) is 19.6. The fraction of sp³-hybridized carbons (Fsp3) is 0.562. The maximum Gasteiger partial charge on any atom is 0.239 e. The van der Waals surface area contributed by atoms with Gasteiger partial charge >= 0.3 is 0 Å². The van der Waals surface area contributed by atoms with Gasteiger partial charge in [0.15, 0.2) is 0 Å². The van der Waals surface area contributed by atoms with Crippen LogP contribution in [0.5, 0.6) is 5.75 Å². The molecule has 1 saturated carbocycles. The van der Waals surface area contributed by atoms with Crippen molar-refractivity contribution in [3.05, 3.63) is 29.8 Å². The number of aliphatic hydroxyl groups is 1. The maximum atomic E-state index is 12.3. The van der Waals surface area contributed by atoms with E-state index in [0.29, 0.717) is 13.0 Å². The number of benzene rings is 1. The fourth-order valence-electron chi connectivity index (χ4n) is 2.97. The molecule has 0 radical (unpaired) electrons. The molecular weight excluding hydrogens is 268 g/mol. The van der Waals surface area contributed by atoms with E-state index in [9.17, 15) is 15.0 Å². The number of aromatic hydroxyl groups is 1. The molecule has 1 amide bonds. The first-order chi connectivity index (χ1) is 9.89. The number of nitrogens with zero attached hydrogens (tertiary/aromatic N) is 1. The SMILES string of the molecule is CN(CC1(O)CCCC1)C(=O)[C@@H](N)Cc1ccc(O)cc1. The van der Waals surface area contributed by atoms with Gasteiger partial charge in [0.2, 0.25) is 5.91 Å². The number of phenolic OH excluding ortho intramolecular Hbond substituents is 1. The molecule has 1 fully saturated rings. The average Bonchev–Trinajstić information content (AvgIpc) is 2.86. The lowest BCUT2D eigenvalue weighted by Crippen LogP contribution is -2.48. The minimum absolute atomic E-state index is 0.164. The quantitative estimate of drug-likeness (QED) is 0.756. The highest BCUT2D eigenvalue weighted by Crippen LogP contribution is 2.30. The molecule has 0 heterocycles. The molecule has 116 valence electrons. The third kappa shape index (κ3) is 4.19. The number of hydrogen-bond acceptors (Lipinski definition) is 4. The first-order valence-corrected chi connectivity index (χ1v) is 7.40. The zero-order chi connectivity index (χ0) is 15.5. The van der Waals surface area contributed by atoms with Crippen molar-refractivity contribution in [2.45, 2.75) is 43.7 Å². The van der Waals surface area contributed by atoms with Crippen LogP contribution >= 0.6 is 0 Å². The Balaban J connectivity index is 1.90. The van der Waals surface area contributed by atoms with E-state index >= 15 is 0 Å². The highest BCUT2D eigenvalue weighted by molar-refractivity contribution is 5.81. The number of amides is 1. The number of hydrogen-bond donors (Lipinski definition) is 3. The van der Waals surface area contributed by atoms with E-state index in [1.807, 2.05) is 0 Å². The predicted octanol–water partition coefficient (Wildman–Crippen LogP) is 1.03. The number of likely N-dealkylation sites (N-methyl/N-ethyl adjacent to an activating group) is 1. The topological polar surface area (TPSA) is 86.8 Å². The summed E-state index contributed by atoms with van der Waals surface area (Å²) < 4.78 is 0. The molecule has 1 aromatic carbocycles. The summed E-state index contributed by atoms with van der Waals surface area (Å²) in [6.45, 7) is 0.342. The summed E-state index contributed by atoms with van der Waals surface area (Å²) >= 11 is 0. The van der Waals surface area contributed by atoms with Crippen molar-refractivity contribution >= 4 is 5.91 Å². The summed E-state index contributed by atoms with van der Waals surface area (Å²) in [6, 6.07) is 6.04. The van der Waals surface area contributed by atoms with Crippen molar-refractivity contribution in [1.82, 2.24) is 4.90 Å². The molecule has 5 nitrogen and oxygen atoms in total. The molecule has 0 aromatic heterocycles. The Morgan fingerprint density at radius 2 is 1.90 bits per heavy atom. The van der Waals surface area contributed by atoms with Gasteiger partial charge in [-0.05, 0) is 37.0 Å². The smallest absolute Gasteiger partial charge is 0.239 e. The highest BCUT2D eigenvalue weighted by atomic mass is 16.3. The molecule has 0 unspecified atom stereocenters. The Labute approximate surface area is 125 Å². The van der Waals surface area contributed by atoms with Crippen molar-refractivity contribution < 1.29 is 15.0 Å². The van der Waals surface area contributed by atoms with Crippen LogP contribution in [-0.4, -0.2) is 46.3 Å². The van der Waals surface area contributed by atoms with Gasteiger partial charge in [-0.25, -0.2) is 0 Å². The molecule has 0 aliphatic heterocycles. The van der Waals surface area contributed by atoms with Crippen molar-refractivity contribution in [3.63, 3.8) is 0 Å². The van der Waals surface area contributed by atoms with Crippen molar-refractivity contribution in [2.75, 3.05) is 13.6 Å². The van der Waals surface area contributed by atoms with Crippen molar-refractivity contribution in [3.8, 4) is 5.75 Å². The lowest BCUT2D eigenvalue weighted by molar-refractivity contribution is -0.134. The first kappa shape index (κ1) is 15.8. The number of carbonyl (C=O) groups excluding carboxylic acids is 1. The van der Waals surface area contributed by atoms with Crippen LogP contribution in [0.25, 0.3) is 0 Å². The lowest BCUT2D eigenvalue weighted by Gasteiger charge is -2.30. The first-order valence-electron chi connectivity index (χ1n) is 7.40. The van der Waals surface area contributed by atoms with Gasteiger partial charge in [0, 0.05) is 13.6 Å². The molecule has 2 rings (SSSR count). The summed E-state index contributed by atoms with van der Waals surface area (Å²) in [4.78, 5) is 13.8. The van der Waals surface area contributed by atoms with Crippen LogP contribution in [0.1, 0.15) is 31.2 Å². The second kappa shape index (κ2) is 6.45. The van der Waals surface area contributed by atoms with E-state index in [2.05, 4.69) is 0 Å². The highest BCUT2D eigenvalue weighted by Gasteiger charge is 2.34. The van der Waals surface area contributed by atoms with Gasteiger partial charge in [-0.15, -0.1) is 0 Å². The van der Waals surface area contributed by atoms with E-state index in [-0.39, 0.29) is 11.7 Å². The minimum Gasteiger partial charge on any atom is -0.508 e. The number of rotatable bonds is 5. The molecule has 5 heteroatoms. The van der Waals surface area contributed by atoms with Crippen LogP contribution in [0.15, 0.2) is 24.3 Å². The van der Waals surface area contributed by atoms with E-state index in [0.717, 1.165) is 31.2 Å². The van der Waals surface area contributed by atoms with Gasteiger partial charge in [0.25, 0.3) is 0 Å². The Morgan fingerprint density at radius 3 is 2.48 bits per heavy atom. The molecule has 4 N–H and O–H groups in total. The number of carbonyl (C=O) groups is 1. The average molecular weight is 292 g/mol. The summed E-state index contributed by atoms with van der Waals surface area (Å²) in [6.07, 6.45) is 3.94. The minimum atomic E-state index is -0.747. The van der Waals surface area contributed by atoms with Gasteiger partial charge < -0.3 is 20.8 Å². The van der Waals surface area contributed by atoms with Gasteiger partial charge in [-0.2, -0.15) is 0 Å². The van der Waals surface area contributed by atoms with Crippen LogP contribution in [0, 0.1) is 0 Å². The molecular formula is C16H24N2O3. The van der Waals surface area contributed by atoms with Crippen molar-refractivity contribution in [1.29, 1.82) is 0 Å². The molecule has 1 aromatic rings. The second-order valence-corrected chi connectivity index (χ2v) is 6.10. The van der Waals surface area contributed by atoms with E-state index < -0.39 is 11.6 Å². The molecule has 1 aliphatic carbocycles. The zero-order valence-electron chi connectivity index (χ0n) is 12.5. The van der Waals surface area contributed by atoms with Crippen LogP contribution in [0.2, 0.25) is 0 Å². The second-order valence-electron chi connectivity index (χ2n) is 6.10. The monoisotopic (exact) mass is 292 g/mol. The zero-order valence-corrected chi connectivity index (χ0v) is 12.5. The molecule has 21 heavy (non-hydrogen) atoms. The van der Waals surface area contributed by atoms with Crippen molar-refractivity contribution in [2.24, 2.45) is 5.73 Å². The Bertz CT molecular complexity index is 481. The van der Waals surface area contributed by atoms with Gasteiger partial charge in [-0.1, -0.05) is 25.0 Å². The third-order valence-corrected chi connectivity index (χ3v) is 4.15. The standard InChI is InChI=1S/C16H24N2O3/c1-18(11-16(21)8-2-3-9-16)15(20)14(17)10-12-4-6-13(19)7-5-12/h4-7,14,19,21H,2-3,8-11,17H2,1H3/t14-/m0/s1.